The lowest BCUT2D eigenvalue weighted by Crippen LogP contribution is -2.47. The number of benzene rings is 1. The molecule has 3 aromatic rings. The number of fused-ring (bicyclic) bond motifs is 2. The van der Waals surface area contributed by atoms with Crippen LogP contribution in [0.1, 0.15) is 65.0 Å². The SMILES string of the molecule is Cc1nc([C@@H]2C[C@H]2c2ccc(C(=O)N(C)[C@]34CCCN[C@H]3C4)cc2Cl)c2ccsc2n1. The molecule has 2 aromatic heterocycles. The lowest BCUT2D eigenvalue weighted by molar-refractivity contribution is 0.0672. The van der Waals surface area contributed by atoms with Gasteiger partial charge in [-0.05, 0) is 74.2 Å². The number of aryl methyl sites for hydroxylation is 1. The highest BCUT2D eigenvalue weighted by atomic mass is 35.5. The summed E-state index contributed by atoms with van der Waals surface area (Å²) < 4.78 is 0. The van der Waals surface area contributed by atoms with Crippen LogP contribution in [0.5, 0.6) is 0 Å². The molecule has 3 fully saturated rings. The number of thiophene rings is 1. The summed E-state index contributed by atoms with van der Waals surface area (Å²) in [6.07, 6.45) is 4.29. The Labute approximate surface area is 190 Å². The van der Waals surface area contributed by atoms with Crippen LogP contribution in [0.25, 0.3) is 10.2 Å². The average molecular weight is 453 g/mol. The van der Waals surface area contributed by atoms with Gasteiger partial charge in [0.05, 0.1) is 11.2 Å². The van der Waals surface area contributed by atoms with Crippen LogP contribution >= 0.6 is 22.9 Å². The first-order valence-electron chi connectivity index (χ1n) is 11.0. The highest BCUT2D eigenvalue weighted by Gasteiger charge is 2.59. The second-order valence-corrected chi connectivity index (χ2v) is 10.6. The molecule has 2 saturated carbocycles. The normalized spacial score (nSPS) is 28.9. The van der Waals surface area contributed by atoms with E-state index < -0.39 is 0 Å². The standard InChI is InChI=1S/C24H25ClN4OS/c1-13-27-21(16-6-9-31-22(16)28-13)18-11-17(18)15-5-4-14(10-19(15)25)23(30)29(2)24-7-3-8-26-20(24)12-24/h4-6,9-10,17-18,20,26H,3,7-8,11-12H2,1-2H3/t17-,18+,20-,24-/m0/s1. The molecule has 0 bridgehead atoms. The van der Waals surface area contributed by atoms with E-state index in [2.05, 4.69) is 21.7 Å². The number of hydrogen-bond acceptors (Lipinski definition) is 5. The summed E-state index contributed by atoms with van der Waals surface area (Å²) in [5.74, 6) is 1.60. The molecule has 160 valence electrons. The van der Waals surface area contributed by atoms with Crippen molar-refractivity contribution in [1.29, 1.82) is 0 Å². The monoisotopic (exact) mass is 452 g/mol. The van der Waals surface area contributed by atoms with Gasteiger partial charge in [-0.1, -0.05) is 17.7 Å². The first-order valence-corrected chi connectivity index (χ1v) is 12.3. The number of carbonyl (C=O) groups excluding carboxylic acids is 1. The summed E-state index contributed by atoms with van der Waals surface area (Å²) in [4.78, 5) is 25.5. The number of amides is 1. The topological polar surface area (TPSA) is 58.1 Å². The highest BCUT2D eigenvalue weighted by molar-refractivity contribution is 7.16. The molecule has 31 heavy (non-hydrogen) atoms. The van der Waals surface area contributed by atoms with Crippen molar-refractivity contribution in [2.75, 3.05) is 13.6 Å². The van der Waals surface area contributed by atoms with Gasteiger partial charge in [-0.15, -0.1) is 11.3 Å². The Morgan fingerprint density at radius 3 is 2.97 bits per heavy atom. The highest BCUT2D eigenvalue weighted by Crippen LogP contribution is 2.57. The summed E-state index contributed by atoms with van der Waals surface area (Å²) in [5, 5.41) is 7.46. The molecule has 3 heterocycles. The number of nitrogens with zero attached hydrogens (tertiary/aromatic N) is 3. The molecule has 0 unspecified atom stereocenters. The number of nitrogens with one attached hydrogen (secondary N) is 1. The first-order chi connectivity index (χ1) is 15.0. The minimum atomic E-state index is -0.00114. The largest absolute Gasteiger partial charge is 0.334 e. The van der Waals surface area contributed by atoms with Crippen LogP contribution in [0.15, 0.2) is 29.6 Å². The third kappa shape index (κ3) is 3.11. The van der Waals surface area contributed by atoms with E-state index in [9.17, 15) is 4.79 Å². The summed E-state index contributed by atoms with van der Waals surface area (Å²) in [6, 6.07) is 8.43. The van der Waals surface area contributed by atoms with Crippen LogP contribution < -0.4 is 5.32 Å². The lowest BCUT2D eigenvalue weighted by Gasteiger charge is -2.32. The molecule has 0 radical (unpaired) electrons. The van der Waals surface area contributed by atoms with Crippen molar-refractivity contribution in [2.24, 2.45) is 0 Å². The molecular formula is C24H25ClN4OS. The second-order valence-electron chi connectivity index (χ2n) is 9.26. The molecule has 4 atom stereocenters. The van der Waals surface area contributed by atoms with Crippen molar-refractivity contribution in [2.45, 2.75) is 56.0 Å². The Bertz CT molecular complexity index is 1210. The van der Waals surface area contributed by atoms with Crippen LogP contribution in [-0.2, 0) is 0 Å². The Hall–Kier alpha value is -2.02. The van der Waals surface area contributed by atoms with Crippen LogP contribution in [-0.4, -0.2) is 45.9 Å². The van der Waals surface area contributed by atoms with Gasteiger partial charge >= 0.3 is 0 Å². The van der Waals surface area contributed by atoms with Gasteiger partial charge in [-0.25, -0.2) is 9.97 Å². The Kier molecular flexibility index (Phi) is 4.43. The fraction of sp³-hybridized carbons (Fsp3) is 0.458. The zero-order valence-corrected chi connectivity index (χ0v) is 19.3. The van der Waals surface area contributed by atoms with E-state index in [1.165, 1.54) is 0 Å². The predicted octanol–water partition coefficient (Wildman–Crippen LogP) is 4.89. The number of likely N-dealkylation sites (N-methyl/N-ethyl adjacent to an activating group) is 1. The van der Waals surface area contributed by atoms with E-state index in [1.54, 1.807) is 11.3 Å². The Balaban J connectivity index is 1.23. The van der Waals surface area contributed by atoms with Gasteiger partial charge in [-0.3, -0.25) is 4.79 Å². The van der Waals surface area contributed by atoms with Crippen molar-refractivity contribution < 1.29 is 4.79 Å². The number of hydrogen-bond donors (Lipinski definition) is 1. The fourth-order valence-electron chi connectivity index (χ4n) is 5.51. The Morgan fingerprint density at radius 1 is 1.29 bits per heavy atom. The molecule has 3 aliphatic rings. The van der Waals surface area contributed by atoms with Crippen molar-refractivity contribution in [3.05, 3.63) is 57.3 Å². The van der Waals surface area contributed by atoms with Crippen LogP contribution in [0.2, 0.25) is 5.02 Å². The lowest BCUT2D eigenvalue weighted by atomic mass is 10.0. The smallest absolute Gasteiger partial charge is 0.254 e. The number of piperidine rings is 1. The first kappa shape index (κ1) is 19.6. The molecule has 0 spiro atoms. The molecule has 6 rings (SSSR count). The third-order valence-electron chi connectivity index (χ3n) is 7.45. The fourth-order valence-corrected chi connectivity index (χ4v) is 6.65. The molecule has 2 aliphatic carbocycles. The summed E-state index contributed by atoms with van der Waals surface area (Å²) in [6.45, 7) is 3.01. The predicted molar refractivity (Wildman–Crippen MR) is 124 cm³/mol. The molecule has 5 nitrogen and oxygen atoms in total. The van der Waals surface area contributed by atoms with Gasteiger partial charge in [-0.2, -0.15) is 0 Å². The van der Waals surface area contributed by atoms with Gasteiger partial charge in [0.15, 0.2) is 0 Å². The van der Waals surface area contributed by atoms with Crippen LogP contribution in [0, 0.1) is 6.92 Å². The zero-order valence-electron chi connectivity index (χ0n) is 17.7. The maximum absolute atomic E-state index is 13.2. The summed E-state index contributed by atoms with van der Waals surface area (Å²) >= 11 is 8.37. The Morgan fingerprint density at radius 2 is 2.16 bits per heavy atom. The van der Waals surface area contributed by atoms with Gasteiger partial charge in [0, 0.05) is 35.0 Å². The van der Waals surface area contributed by atoms with Gasteiger partial charge in [0.1, 0.15) is 10.7 Å². The number of aromatic nitrogens is 2. The van der Waals surface area contributed by atoms with Gasteiger partial charge < -0.3 is 10.2 Å². The quantitative estimate of drug-likeness (QED) is 0.612. The van der Waals surface area contributed by atoms with Crippen molar-refractivity contribution in [3.63, 3.8) is 0 Å². The van der Waals surface area contributed by atoms with E-state index in [-0.39, 0.29) is 11.4 Å². The van der Waals surface area contributed by atoms with Gasteiger partial charge in [0.25, 0.3) is 5.91 Å². The van der Waals surface area contributed by atoms with Crippen LogP contribution in [0.3, 0.4) is 0 Å². The third-order valence-corrected chi connectivity index (χ3v) is 8.58. The summed E-state index contributed by atoms with van der Waals surface area (Å²) in [7, 11) is 1.94. The van der Waals surface area contributed by atoms with E-state index in [0.717, 1.165) is 59.5 Å². The van der Waals surface area contributed by atoms with Crippen molar-refractivity contribution in [3.8, 4) is 0 Å². The molecule has 1 amide bonds. The van der Waals surface area contributed by atoms with E-state index in [0.29, 0.717) is 28.5 Å². The number of carbonyl (C=O) groups is 1. The maximum Gasteiger partial charge on any atom is 0.254 e. The summed E-state index contributed by atoms with van der Waals surface area (Å²) in [5.41, 5.74) is 2.93. The second kappa shape index (κ2) is 6.99. The molecular weight excluding hydrogens is 428 g/mol. The van der Waals surface area contributed by atoms with Crippen molar-refractivity contribution >= 4 is 39.1 Å². The van der Waals surface area contributed by atoms with Gasteiger partial charge in [0.2, 0.25) is 0 Å². The van der Waals surface area contributed by atoms with E-state index in [4.69, 9.17) is 16.6 Å². The maximum atomic E-state index is 13.2. The zero-order chi connectivity index (χ0) is 21.3. The minimum Gasteiger partial charge on any atom is -0.334 e. The minimum absolute atomic E-state index is 0.00114. The van der Waals surface area contributed by atoms with Crippen molar-refractivity contribution in [1.82, 2.24) is 20.2 Å². The molecule has 1 aromatic carbocycles. The average Bonchev–Trinajstić information content (AvgIpc) is 3.66. The number of halogens is 1. The molecule has 1 aliphatic heterocycles. The molecule has 1 saturated heterocycles. The molecule has 7 heteroatoms. The van der Waals surface area contributed by atoms with Crippen LogP contribution in [0.4, 0.5) is 0 Å². The molecule has 1 N–H and O–H groups in total. The number of rotatable bonds is 4. The van der Waals surface area contributed by atoms with E-state index >= 15 is 0 Å². The van der Waals surface area contributed by atoms with E-state index in [1.807, 2.05) is 37.1 Å².